The van der Waals surface area contributed by atoms with Crippen LogP contribution in [0.25, 0.3) is 0 Å². The lowest BCUT2D eigenvalue weighted by atomic mass is 9.66. The number of rotatable bonds is 4. The minimum absolute atomic E-state index is 0.269. The van der Waals surface area contributed by atoms with E-state index >= 15 is 0 Å². The topological polar surface area (TPSA) is 59.8 Å². The number of amidine groups is 1. The van der Waals surface area contributed by atoms with Crippen LogP contribution >= 0.6 is 0 Å². The quantitative estimate of drug-likeness (QED) is 0.647. The van der Waals surface area contributed by atoms with E-state index in [0.29, 0.717) is 32.0 Å². The summed E-state index contributed by atoms with van der Waals surface area (Å²) in [5.74, 6) is 1.24. The van der Waals surface area contributed by atoms with E-state index in [0.717, 1.165) is 29.0 Å². The smallest absolute Gasteiger partial charge is 0.128 e. The molecule has 168 valence electrons. The second kappa shape index (κ2) is 7.44. The number of hydrogen-bond donors (Lipinski definition) is 2. The van der Waals surface area contributed by atoms with Gasteiger partial charge < -0.3 is 14.7 Å². The van der Waals surface area contributed by atoms with Crippen LogP contribution in [0.1, 0.15) is 22.3 Å². The minimum atomic E-state index is -1.17. The summed E-state index contributed by atoms with van der Waals surface area (Å²) in [6.07, 6.45) is -0.269. The van der Waals surface area contributed by atoms with Crippen LogP contribution in [-0.2, 0) is 18.7 Å². The first-order chi connectivity index (χ1) is 16.0. The number of aryl methyl sites for hydroxylation is 1. The molecule has 3 aliphatic rings. The van der Waals surface area contributed by atoms with Crippen LogP contribution in [0, 0.1) is 17.7 Å². The maximum absolute atomic E-state index is 12.5. The van der Waals surface area contributed by atoms with Gasteiger partial charge in [-0.1, -0.05) is 72.3 Å². The molecule has 0 unspecified atom stereocenters. The van der Waals surface area contributed by atoms with Gasteiger partial charge in [0.15, 0.2) is 0 Å². The van der Waals surface area contributed by atoms with Gasteiger partial charge in [0, 0.05) is 31.7 Å². The molecule has 2 fully saturated rings. The van der Waals surface area contributed by atoms with E-state index in [1.165, 1.54) is 5.56 Å². The highest BCUT2D eigenvalue weighted by molar-refractivity contribution is 5.92. The lowest BCUT2D eigenvalue weighted by Gasteiger charge is -2.46. The van der Waals surface area contributed by atoms with Crippen molar-refractivity contribution in [2.24, 2.45) is 5.41 Å². The van der Waals surface area contributed by atoms with Crippen LogP contribution in [0.5, 0.6) is 5.75 Å². The van der Waals surface area contributed by atoms with Crippen molar-refractivity contribution in [3.05, 3.63) is 101 Å². The van der Waals surface area contributed by atoms with Crippen molar-refractivity contribution in [2.75, 3.05) is 19.6 Å². The molecule has 5 nitrogen and oxygen atoms in total. The first-order valence-electron chi connectivity index (χ1n) is 11.6. The number of β-amino-alcohol motifs (C(OH)–C–C–N with tert-alkyl or cyclic N) is 1. The third kappa shape index (κ3) is 3.03. The van der Waals surface area contributed by atoms with E-state index in [1.807, 2.05) is 49.4 Å². The molecule has 3 aromatic rings. The lowest BCUT2D eigenvalue weighted by Crippen LogP contribution is -2.58. The molecular weight excluding hydrogens is 410 g/mol. The Kier molecular flexibility index (Phi) is 4.61. The highest BCUT2D eigenvalue weighted by atomic mass is 16.5. The van der Waals surface area contributed by atoms with E-state index in [-0.39, 0.29) is 6.10 Å². The molecule has 5 heteroatoms. The Morgan fingerprint density at radius 3 is 2.30 bits per heavy atom. The van der Waals surface area contributed by atoms with Crippen molar-refractivity contribution < 1.29 is 9.84 Å². The molecule has 33 heavy (non-hydrogen) atoms. The SMILES string of the molecule is Cc1ccc2c(c1)[C@@]1(O)CN(Cc3ccccc3)C(=N)[C@]13CN(Cc1ccccc1)C[C@@H]3O2. The van der Waals surface area contributed by atoms with Gasteiger partial charge in [-0.05, 0) is 30.2 Å². The molecule has 1 spiro atoms. The molecule has 0 radical (unpaired) electrons. The Morgan fingerprint density at radius 1 is 0.939 bits per heavy atom. The number of aliphatic hydroxyl groups is 1. The van der Waals surface area contributed by atoms with Gasteiger partial charge in [-0.2, -0.15) is 0 Å². The summed E-state index contributed by atoms with van der Waals surface area (Å²) in [6.45, 7) is 5.11. The first-order valence-corrected chi connectivity index (χ1v) is 11.6. The predicted molar refractivity (Wildman–Crippen MR) is 128 cm³/mol. The fraction of sp³-hybridized carbons (Fsp3) is 0.321. The van der Waals surface area contributed by atoms with Crippen LogP contribution in [0.15, 0.2) is 78.9 Å². The molecule has 3 aromatic carbocycles. The van der Waals surface area contributed by atoms with E-state index in [2.05, 4.69) is 46.2 Å². The number of likely N-dealkylation sites (tertiary alicyclic amines) is 2. The van der Waals surface area contributed by atoms with Gasteiger partial charge in [0.25, 0.3) is 0 Å². The van der Waals surface area contributed by atoms with E-state index in [1.54, 1.807) is 0 Å². The van der Waals surface area contributed by atoms with Crippen molar-refractivity contribution in [3.8, 4) is 5.75 Å². The monoisotopic (exact) mass is 439 g/mol. The molecule has 0 aromatic heterocycles. The number of ether oxygens (including phenoxy) is 1. The van der Waals surface area contributed by atoms with Crippen LogP contribution in [-0.4, -0.2) is 46.5 Å². The fourth-order valence-corrected chi connectivity index (χ4v) is 6.10. The molecular formula is C28H29N3O2. The Hall–Kier alpha value is -3.15. The zero-order chi connectivity index (χ0) is 22.6. The van der Waals surface area contributed by atoms with E-state index in [4.69, 9.17) is 4.74 Å². The van der Waals surface area contributed by atoms with Gasteiger partial charge in [-0.3, -0.25) is 10.3 Å². The van der Waals surface area contributed by atoms with Crippen molar-refractivity contribution in [2.45, 2.75) is 31.7 Å². The maximum Gasteiger partial charge on any atom is 0.128 e. The molecule has 6 rings (SSSR count). The summed E-state index contributed by atoms with van der Waals surface area (Å²) in [5.41, 5.74) is 2.32. The predicted octanol–water partition coefficient (Wildman–Crippen LogP) is 3.94. The number of nitrogens with zero attached hydrogens (tertiary/aromatic N) is 2. The van der Waals surface area contributed by atoms with Crippen molar-refractivity contribution in [1.29, 1.82) is 5.41 Å². The summed E-state index contributed by atoms with van der Waals surface area (Å²) < 4.78 is 6.55. The zero-order valence-corrected chi connectivity index (χ0v) is 18.9. The third-order valence-corrected chi connectivity index (χ3v) is 7.66. The fourth-order valence-electron chi connectivity index (χ4n) is 6.10. The van der Waals surface area contributed by atoms with Crippen LogP contribution in [0.4, 0.5) is 0 Å². The van der Waals surface area contributed by atoms with Crippen LogP contribution in [0.3, 0.4) is 0 Å². The molecule has 3 aliphatic heterocycles. The third-order valence-electron chi connectivity index (χ3n) is 7.66. The molecule has 3 atom stereocenters. The van der Waals surface area contributed by atoms with Gasteiger partial charge in [0.1, 0.15) is 28.7 Å². The van der Waals surface area contributed by atoms with Gasteiger partial charge >= 0.3 is 0 Å². The molecule has 2 N–H and O–H groups in total. The highest BCUT2D eigenvalue weighted by Gasteiger charge is 2.71. The summed E-state index contributed by atoms with van der Waals surface area (Å²) in [5, 5.41) is 21.8. The Labute approximate surface area is 194 Å². The summed E-state index contributed by atoms with van der Waals surface area (Å²) in [6, 6.07) is 26.7. The summed E-state index contributed by atoms with van der Waals surface area (Å²) in [4.78, 5) is 4.39. The largest absolute Gasteiger partial charge is 0.487 e. The van der Waals surface area contributed by atoms with Gasteiger partial charge in [-0.25, -0.2) is 0 Å². The Morgan fingerprint density at radius 2 is 1.61 bits per heavy atom. The van der Waals surface area contributed by atoms with Gasteiger partial charge in [0.05, 0.1) is 6.54 Å². The number of hydrogen-bond acceptors (Lipinski definition) is 4. The average molecular weight is 440 g/mol. The van der Waals surface area contributed by atoms with E-state index in [9.17, 15) is 10.5 Å². The van der Waals surface area contributed by atoms with Crippen LogP contribution < -0.4 is 4.74 Å². The van der Waals surface area contributed by atoms with Gasteiger partial charge in [0.2, 0.25) is 0 Å². The maximum atomic E-state index is 12.5. The average Bonchev–Trinajstić information content (AvgIpc) is 3.29. The van der Waals surface area contributed by atoms with Crippen molar-refractivity contribution in [1.82, 2.24) is 9.80 Å². The standard InChI is InChI=1S/C28H29N3O2/c1-20-12-13-24-23(14-20)28(32)19-31(16-22-10-6-3-7-11-22)26(29)27(28)18-30(17-25(27)33-24)15-21-8-4-2-5-9-21/h2-14,25,29,32H,15-19H2,1H3/t25-,27+,28-/m0/s1. The first kappa shape index (κ1) is 20.5. The molecule has 0 aliphatic carbocycles. The second-order valence-electron chi connectivity index (χ2n) is 9.78. The van der Waals surface area contributed by atoms with Gasteiger partial charge in [-0.15, -0.1) is 0 Å². The number of benzene rings is 3. The summed E-state index contributed by atoms with van der Waals surface area (Å²) >= 11 is 0. The minimum Gasteiger partial charge on any atom is -0.487 e. The van der Waals surface area contributed by atoms with Crippen molar-refractivity contribution >= 4 is 5.84 Å². The molecule has 3 heterocycles. The molecule has 2 saturated heterocycles. The summed E-state index contributed by atoms with van der Waals surface area (Å²) in [7, 11) is 0. The highest BCUT2D eigenvalue weighted by Crippen LogP contribution is 2.59. The van der Waals surface area contributed by atoms with E-state index < -0.39 is 11.0 Å². The second-order valence-corrected chi connectivity index (χ2v) is 9.78. The lowest BCUT2D eigenvalue weighted by molar-refractivity contribution is -0.0890. The number of fused-ring (bicyclic) bond motifs is 2. The molecule has 0 amide bonds. The normalized spacial score (nSPS) is 28.2. The zero-order valence-electron chi connectivity index (χ0n) is 18.9. The molecule has 0 bridgehead atoms. The van der Waals surface area contributed by atoms with Crippen molar-refractivity contribution in [3.63, 3.8) is 0 Å². The molecule has 0 saturated carbocycles. The number of nitrogens with one attached hydrogen (secondary N) is 1. The Balaban J connectivity index is 1.41. The Bertz CT molecular complexity index is 1200. The van der Waals surface area contributed by atoms with Crippen LogP contribution in [0.2, 0.25) is 0 Å².